The fourth-order valence-electron chi connectivity index (χ4n) is 9.39. The van der Waals surface area contributed by atoms with Gasteiger partial charge in [-0.1, -0.05) is 19.0 Å². The first-order valence-electron chi connectivity index (χ1n) is 14.1. The van der Waals surface area contributed by atoms with E-state index < -0.39 is 16.6 Å². The van der Waals surface area contributed by atoms with Gasteiger partial charge in [0, 0.05) is 11.5 Å². The minimum absolute atomic E-state index is 0.155. The molecule has 0 spiro atoms. The Hall–Kier alpha value is -0.176. The standard InChI is InChI=1S/C28H53NO3Si2/c1-20(29-30-4)28(32-34(8,9)10)18-15-25-23-12-11-21-19-22(31-33(5,6)7)13-16-26(21,2)24(23)14-17-27(25,28)3/h21-25H,11-19H2,1-10H3/b29-20-. The summed E-state index contributed by atoms with van der Waals surface area (Å²) in [6.45, 7) is 21.5. The summed E-state index contributed by atoms with van der Waals surface area (Å²) < 4.78 is 13.8. The molecule has 6 heteroatoms. The molecule has 0 aromatic heterocycles. The van der Waals surface area contributed by atoms with Crippen LogP contribution in [0.2, 0.25) is 39.3 Å². The largest absolute Gasteiger partial charge is 0.415 e. The smallest absolute Gasteiger partial charge is 0.185 e. The molecule has 0 aliphatic heterocycles. The molecule has 0 aromatic carbocycles. The Morgan fingerprint density at radius 1 is 0.824 bits per heavy atom. The monoisotopic (exact) mass is 507 g/mol. The van der Waals surface area contributed by atoms with E-state index in [-0.39, 0.29) is 11.0 Å². The highest BCUT2D eigenvalue weighted by atomic mass is 28.4. The average Bonchev–Trinajstić information content (AvgIpc) is 2.99. The molecule has 0 radical (unpaired) electrons. The van der Waals surface area contributed by atoms with Crippen molar-refractivity contribution in [1.82, 2.24) is 0 Å². The first-order valence-corrected chi connectivity index (χ1v) is 20.9. The summed E-state index contributed by atoms with van der Waals surface area (Å²) >= 11 is 0. The maximum atomic E-state index is 7.16. The lowest BCUT2D eigenvalue weighted by atomic mass is 9.44. The zero-order valence-corrected chi connectivity index (χ0v) is 25.9. The normalized spacial score (nSPS) is 45.4. The zero-order valence-electron chi connectivity index (χ0n) is 23.9. The number of hydrogen-bond acceptors (Lipinski definition) is 4. The maximum absolute atomic E-state index is 7.16. The molecule has 0 aromatic rings. The van der Waals surface area contributed by atoms with E-state index in [1.165, 1.54) is 51.4 Å². The number of oxime groups is 1. The van der Waals surface area contributed by atoms with E-state index in [9.17, 15) is 0 Å². The second kappa shape index (κ2) is 8.99. The molecule has 4 nitrogen and oxygen atoms in total. The van der Waals surface area contributed by atoms with Gasteiger partial charge in [-0.15, -0.1) is 0 Å². The van der Waals surface area contributed by atoms with Gasteiger partial charge in [0.1, 0.15) is 12.7 Å². The van der Waals surface area contributed by atoms with E-state index in [4.69, 9.17) is 13.7 Å². The van der Waals surface area contributed by atoms with E-state index in [0.717, 1.165) is 35.8 Å². The summed E-state index contributed by atoms with van der Waals surface area (Å²) in [5.41, 5.74) is 1.46. The minimum atomic E-state index is -1.77. The zero-order chi connectivity index (χ0) is 25.2. The Morgan fingerprint density at radius 2 is 1.50 bits per heavy atom. The van der Waals surface area contributed by atoms with Gasteiger partial charge in [0.25, 0.3) is 0 Å². The van der Waals surface area contributed by atoms with Gasteiger partial charge in [0.2, 0.25) is 0 Å². The van der Waals surface area contributed by atoms with Crippen molar-refractivity contribution in [3.63, 3.8) is 0 Å². The Bertz CT molecular complexity index is 790. The number of fused-ring (bicyclic) bond motifs is 5. The van der Waals surface area contributed by atoms with Crippen LogP contribution in [-0.2, 0) is 13.7 Å². The van der Waals surface area contributed by atoms with Crippen molar-refractivity contribution in [3.05, 3.63) is 0 Å². The first kappa shape index (κ1) is 26.9. The topological polar surface area (TPSA) is 40.0 Å². The van der Waals surface area contributed by atoms with E-state index in [0.29, 0.717) is 11.5 Å². The van der Waals surface area contributed by atoms with Crippen molar-refractivity contribution in [2.75, 3.05) is 7.11 Å². The van der Waals surface area contributed by atoms with Crippen LogP contribution in [0.1, 0.15) is 78.6 Å². The molecular weight excluding hydrogens is 454 g/mol. The second-order valence-electron chi connectivity index (χ2n) is 14.7. The molecule has 8 unspecified atom stereocenters. The van der Waals surface area contributed by atoms with Crippen LogP contribution in [0.5, 0.6) is 0 Å². The quantitative estimate of drug-likeness (QED) is 0.209. The number of rotatable bonds is 6. The van der Waals surface area contributed by atoms with Gasteiger partial charge in [-0.2, -0.15) is 0 Å². The molecular formula is C28H53NO3Si2. The SMILES string of the molecule is CO/N=C(/C)C1(O[Si](C)(C)C)CCC2C3CCC4CC(O[Si](C)(C)C)CCC4(C)C3CCC21C. The van der Waals surface area contributed by atoms with E-state index >= 15 is 0 Å². The fraction of sp³-hybridized carbons (Fsp3) is 0.964. The van der Waals surface area contributed by atoms with Gasteiger partial charge in [-0.05, 0) is 133 Å². The highest BCUT2D eigenvalue weighted by molar-refractivity contribution is 6.70. The summed E-state index contributed by atoms with van der Waals surface area (Å²) in [4.78, 5) is 5.33. The molecule has 0 heterocycles. The molecule has 4 rings (SSSR count). The van der Waals surface area contributed by atoms with Crippen molar-refractivity contribution >= 4 is 22.3 Å². The molecule has 4 saturated carbocycles. The summed E-state index contributed by atoms with van der Waals surface area (Å²) in [7, 11) is -1.56. The van der Waals surface area contributed by atoms with Crippen molar-refractivity contribution in [2.45, 2.75) is 130 Å². The fourth-order valence-corrected chi connectivity index (χ4v) is 12.1. The predicted octanol–water partition coefficient (Wildman–Crippen LogP) is 7.86. The van der Waals surface area contributed by atoms with Crippen LogP contribution in [-0.4, -0.2) is 41.2 Å². The van der Waals surface area contributed by atoms with Crippen LogP contribution >= 0.6 is 0 Å². The lowest BCUT2D eigenvalue weighted by Crippen LogP contribution is -2.61. The predicted molar refractivity (Wildman–Crippen MR) is 147 cm³/mol. The van der Waals surface area contributed by atoms with Crippen LogP contribution in [0.4, 0.5) is 0 Å². The van der Waals surface area contributed by atoms with E-state index in [1.54, 1.807) is 7.11 Å². The molecule has 0 amide bonds. The van der Waals surface area contributed by atoms with Gasteiger partial charge < -0.3 is 13.7 Å². The second-order valence-corrected chi connectivity index (χ2v) is 23.6. The summed E-state index contributed by atoms with van der Waals surface area (Å²) in [5.74, 6) is 3.27. The van der Waals surface area contributed by atoms with Crippen molar-refractivity contribution in [2.24, 2.45) is 39.7 Å². The highest BCUT2D eigenvalue weighted by Gasteiger charge is 2.67. The molecule has 4 aliphatic rings. The first-order chi connectivity index (χ1) is 15.7. The summed E-state index contributed by atoms with van der Waals surface area (Å²) in [6.07, 6.45) is 12.2. The minimum Gasteiger partial charge on any atom is -0.415 e. The highest BCUT2D eigenvalue weighted by Crippen LogP contribution is 2.69. The molecule has 4 aliphatic carbocycles. The van der Waals surface area contributed by atoms with E-state index in [2.05, 4.69) is 65.2 Å². The van der Waals surface area contributed by atoms with Gasteiger partial charge in [-0.3, -0.25) is 0 Å². The molecule has 8 atom stereocenters. The Balaban J connectivity index is 1.60. The van der Waals surface area contributed by atoms with Crippen LogP contribution in [0.3, 0.4) is 0 Å². The van der Waals surface area contributed by atoms with Crippen molar-refractivity contribution in [3.8, 4) is 0 Å². The molecule has 0 bridgehead atoms. The number of nitrogens with zero attached hydrogens (tertiary/aromatic N) is 1. The van der Waals surface area contributed by atoms with E-state index in [1.807, 2.05) is 0 Å². The van der Waals surface area contributed by atoms with Gasteiger partial charge in [0.15, 0.2) is 16.6 Å². The Kier molecular flexibility index (Phi) is 7.10. The van der Waals surface area contributed by atoms with Crippen LogP contribution in [0, 0.1) is 34.5 Å². The van der Waals surface area contributed by atoms with Crippen LogP contribution in [0.15, 0.2) is 5.16 Å². The Morgan fingerprint density at radius 3 is 2.12 bits per heavy atom. The molecule has 34 heavy (non-hydrogen) atoms. The molecule has 196 valence electrons. The van der Waals surface area contributed by atoms with Gasteiger partial charge in [0.05, 0.1) is 5.71 Å². The van der Waals surface area contributed by atoms with Crippen LogP contribution in [0.25, 0.3) is 0 Å². The lowest BCUT2D eigenvalue weighted by molar-refractivity contribution is -0.139. The maximum Gasteiger partial charge on any atom is 0.185 e. The number of hydrogen-bond donors (Lipinski definition) is 0. The average molecular weight is 508 g/mol. The summed E-state index contributed by atoms with van der Waals surface area (Å²) in [5, 5.41) is 4.52. The van der Waals surface area contributed by atoms with Gasteiger partial charge >= 0.3 is 0 Å². The molecule has 4 fully saturated rings. The van der Waals surface area contributed by atoms with Crippen molar-refractivity contribution in [1.29, 1.82) is 0 Å². The third kappa shape index (κ3) is 4.52. The summed E-state index contributed by atoms with van der Waals surface area (Å²) in [6, 6.07) is 0. The lowest BCUT2D eigenvalue weighted by Gasteiger charge is -2.62. The third-order valence-corrected chi connectivity index (χ3v) is 12.6. The Labute approximate surface area is 212 Å². The molecule has 0 saturated heterocycles. The van der Waals surface area contributed by atoms with Crippen molar-refractivity contribution < 1.29 is 13.7 Å². The van der Waals surface area contributed by atoms with Crippen LogP contribution < -0.4 is 0 Å². The van der Waals surface area contributed by atoms with Gasteiger partial charge in [-0.25, -0.2) is 0 Å². The third-order valence-electron chi connectivity index (χ3n) is 10.6. The molecule has 0 N–H and O–H groups in total.